The average Bonchev–Trinajstić information content (AvgIpc) is 2.16. The lowest BCUT2D eigenvalue weighted by Crippen LogP contribution is -2.30. The lowest BCUT2D eigenvalue weighted by atomic mass is 10.4. The summed E-state index contributed by atoms with van der Waals surface area (Å²) in [6.07, 6.45) is 4.04. The molecule has 1 aromatic rings. The molecule has 1 aromatic heterocycles. The molecular formula is C7H6F2N2O2S. The number of rotatable bonds is 4. The highest BCUT2D eigenvalue weighted by Crippen LogP contribution is 2.24. The van der Waals surface area contributed by atoms with Crippen molar-refractivity contribution in [3.63, 3.8) is 0 Å². The van der Waals surface area contributed by atoms with Crippen molar-refractivity contribution in [1.29, 1.82) is 0 Å². The first-order valence-electron chi connectivity index (χ1n) is 3.52. The molecule has 0 unspecified atom stereocenters. The van der Waals surface area contributed by atoms with Gasteiger partial charge in [0.15, 0.2) is 0 Å². The number of alkyl halides is 2. The highest BCUT2D eigenvalue weighted by Gasteiger charge is 2.38. The Kier molecular flexibility index (Phi) is 3.34. The van der Waals surface area contributed by atoms with E-state index >= 15 is 0 Å². The normalized spacial score (nSPS) is 11.3. The fourth-order valence-corrected chi connectivity index (χ4v) is 1.31. The fraction of sp³-hybridized carbons (Fsp3) is 0.286. The number of thioether (sulfide) groups is 1. The standard InChI is InChI=1S/C7H6F2N2O2S/c8-7(9,6(12)13)4-14-5-3-10-1-2-11-5/h1-3H,4H2,(H,12,13). The molecule has 1 heterocycles. The zero-order chi connectivity index (χ0) is 10.6. The Hall–Kier alpha value is -1.24. The van der Waals surface area contributed by atoms with Gasteiger partial charge in [-0.15, -0.1) is 0 Å². The summed E-state index contributed by atoms with van der Waals surface area (Å²) in [6, 6.07) is 0. The maximum absolute atomic E-state index is 12.6. The van der Waals surface area contributed by atoms with E-state index in [0.717, 1.165) is 0 Å². The summed E-state index contributed by atoms with van der Waals surface area (Å²) in [4.78, 5) is 17.4. The molecule has 0 atom stereocenters. The summed E-state index contributed by atoms with van der Waals surface area (Å²) in [5.74, 6) is -6.71. The van der Waals surface area contributed by atoms with Crippen molar-refractivity contribution in [3.05, 3.63) is 18.6 Å². The molecule has 0 fully saturated rings. The Bertz CT molecular complexity index is 321. The first-order chi connectivity index (χ1) is 6.52. The molecule has 0 saturated heterocycles. The van der Waals surface area contributed by atoms with Gasteiger partial charge in [0.1, 0.15) is 5.03 Å². The van der Waals surface area contributed by atoms with Gasteiger partial charge in [0, 0.05) is 12.4 Å². The second kappa shape index (κ2) is 4.32. The molecule has 14 heavy (non-hydrogen) atoms. The van der Waals surface area contributed by atoms with E-state index in [4.69, 9.17) is 5.11 Å². The second-order valence-electron chi connectivity index (χ2n) is 2.34. The number of hydrogen-bond donors (Lipinski definition) is 1. The number of carbonyl (C=O) groups is 1. The Morgan fingerprint density at radius 3 is 2.79 bits per heavy atom. The number of carboxylic acids is 1. The zero-order valence-electron chi connectivity index (χ0n) is 6.85. The number of hydrogen-bond acceptors (Lipinski definition) is 4. The van der Waals surface area contributed by atoms with Crippen LogP contribution in [0.5, 0.6) is 0 Å². The van der Waals surface area contributed by atoms with Crippen molar-refractivity contribution in [2.24, 2.45) is 0 Å². The fourth-order valence-electron chi connectivity index (χ4n) is 0.586. The van der Waals surface area contributed by atoms with Crippen molar-refractivity contribution >= 4 is 17.7 Å². The van der Waals surface area contributed by atoms with E-state index in [0.29, 0.717) is 11.8 Å². The first-order valence-corrected chi connectivity index (χ1v) is 4.51. The van der Waals surface area contributed by atoms with E-state index in [1.54, 1.807) is 0 Å². The molecule has 0 radical (unpaired) electrons. The van der Waals surface area contributed by atoms with Crippen LogP contribution in [0.1, 0.15) is 0 Å². The number of aromatic nitrogens is 2. The van der Waals surface area contributed by atoms with E-state index in [2.05, 4.69) is 9.97 Å². The van der Waals surface area contributed by atoms with Crippen LogP contribution < -0.4 is 0 Å². The summed E-state index contributed by atoms with van der Waals surface area (Å²) in [5.41, 5.74) is 0. The molecule has 76 valence electrons. The topological polar surface area (TPSA) is 63.1 Å². The number of carboxylic acid groups (broad SMARTS) is 1. The van der Waals surface area contributed by atoms with Crippen LogP contribution in [-0.4, -0.2) is 32.7 Å². The Morgan fingerprint density at radius 1 is 1.57 bits per heavy atom. The van der Waals surface area contributed by atoms with Gasteiger partial charge >= 0.3 is 11.9 Å². The number of nitrogens with zero attached hydrogens (tertiary/aromatic N) is 2. The number of halogens is 2. The number of aliphatic carboxylic acids is 1. The van der Waals surface area contributed by atoms with Gasteiger partial charge in [-0.3, -0.25) is 4.98 Å². The monoisotopic (exact) mass is 220 g/mol. The molecular weight excluding hydrogens is 214 g/mol. The lowest BCUT2D eigenvalue weighted by molar-refractivity contribution is -0.161. The van der Waals surface area contributed by atoms with E-state index in [1.165, 1.54) is 18.6 Å². The molecule has 7 heteroatoms. The van der Waals surface area contributed by atoms with Gasteiger partial charge in [-0.05, 0) is 0 Å². The third kappa shape index (κ3) is 2.91. The van der Waals surface area contributed by atoms with E-state index < -0.39 is 17.6 Å². The van der Waals surface area contributed by atoms with Crippen molar-refractivity contribution in [2.75, 3.05) is 5.75 Å². The third-order valence-electron chi connectivity index (χ3n) is 1.25. The Labute approximate surface area is 82.4 Å². The molecule has 0 aliphatic heterocycles. The van der Waals surface area contributed by atoms with Crippen LogP contribution in [0.4, 0.5) is 8.78 Å². The maximum atomic E-state index is 12.6. The van der Waals surface area contributed by atoms with Gasteiger partial charge in [-0.2, -0.15) is 8.78 Å². The Balaban J connectivity index is 2.53. The zero-order valence-corrected chi connectivity index (χ0v) is 7.67. The van der Waals surface area contributed by atoms with Crippen LogP contribution in [0.2, 0.25) is 0 Å². The lowest BCUT2D eigenvalue weighted by Gasteiger charge is -2.09. The van der Waals surface area contributed by atoms with Crippen LogP contribution in [0.25, 0.3) is 0 Å². The Morgan fingerprint density at radius 2 is 2.29 bits per heavy atom. The van der Waals surface area contributed by atoms with Crippen LogP contribution in [0.3, 0.4) is 0 Å². The summed E-state index contributed by atoms with van der Waals surface area (Å²) in [7, 11) is 0. The second-order valence-corrected chi connectivity index (χ2v) is 3.34. The predicted octanol–water partition coefficient (Wildman–Crippen LogP) is 1.29. The molecule has 0 spiro atoms. The van der Waals surface area contributed by atoms with Gasteiger partial charge < -0.3 is 5.11 Å². The SMILES string of the molecule is O=C(O)C(F)(F)CSc1cnccn1. The van der Waals surface area contributed by atoms with Gasteiger partial charge in [-0.25, -0.2) is 9.78 Å². The molecule has 4 nitrogen and oxygen atoms in total. The predicted molar refractivity (Wildman–Crippen MR) is 45.3 cm³/mol. The quantitative estimate of drug-likeness (QED) is 0.774. The van der Waals surface area contributed by atoms with Crippen LogP contribution >= 0.6 is 11.8 Å². The van der Waals surface area contributed by atoms with Gasteiger partial charge in [-0.1, -0.05) is 11.8 Å². The highest BCUT2D eigenvalue weighted by molar-refractivity contribution is 7.99. The molecule has 0 aliphatic rings. The highest BCUT2D eigenvalue weighted by atomic mass is 32.2. The molecule has 0 amide bonds. The molecule has 0 aliphatic carbocycles. The summed E-state index contributed by atoms with van der Waals surface area (Å²) in [5, 5.41) is 8.39. The van der Waals surface area contributed by atoms with Gasteiger partial charge in [0.05, 0.1) is 11.9 Å². The molecule has 0 aromatic carbocycles. The van der Waals surface area contributed by atoms with E-state index in [9.17, 15) is 13.6 Å². The van der Waals surface area contributed by atoms with E-state index in [1.807, 2.05) is 0 Å². The van der Waals surface area contributed by atoms with Crippen molar-refractivity contribution in [2.45, 2.75) is 10.9 Å². The minimum absolute atomic E-state index is 0.272. The average molecular weight is 220 g/mol. The molecule has 0 bridgehead atoms. The maximum Gasteiger partial charge on any atom is 0.375 e. The van der Waals surface area contributed by atoms with Crippen molar-refractivity contribution in [1.82, 2.24) is 9.97 Å². The first kappa shape index (κ1) is 10.8. The minimum atomic E-state index is -3.73. The third-order valence-corrected chi connectivity index (χ3v) is 2.27. The van der Waals surface area contributed by atoms with Crippen LogP contribution in [0, 0.1) is 0 Å². The molecule has 1 N–H and O–H groups in total. The summed E-state index contributed by atoms with van der Waals surface area (Å²) in [6.45, 7) is 0. The minimum Gasteiger partial charge on any atom is -0.477 e. The van der Waals surface area contributed by atoms with Crippen molar-refractivity contribution < 1.29 is 18.7 Å². The summed E-state index contributed by atoms with van der Waals surface area (Å²) < 4.78 is 25.1. The smallest absolute Gasteiger partial charge is 0.375 e. The van der Waals surface area contributed by atoms with Crippen molar-refractivity contribution in [3.8, 4) is 0 Å². The van der Waals surface area contributed by atoms with Crippen LogP contribution in [0.15, 0.2) is 23.6 Å². The van der Waals surface area contributed by atoms with Gasteiger partial charge in [0.25, 0.3) is 0 Å². The molecule has 0 saturated carbocycles. The van der Waals surface area contributed by atoms with Crippen LogP contribution in [-0.2, 0) is 4.79 Å². The van der Waals surface area contributed by atoms with Gasteiger partial charge in [0.2, 0.25) is 0 Å². The largest absolute Gasteiger partial charge is 0.477 e. The van der Waals surface area contributed by atoms with E-state index in [-0.39, 0.29) is 5.03 Å². The molecule has 1 rings (SSSR count). The summed E-state index contributed by atoms with van der Waals surface area (Å²) >= 11 is 0.651.